The highest BCUT2D eigenvalue weighted by Crippen LogP contribution is 2.45. The van der Waals surface area contributed by atoms with Gasteiger partial charge in [0, 0.05) is 16.1 Å². The first-order valence-corrected chi connectivity index (χ1v) is 9.48. The van der Waals surface area contributed by atoms with Crippen molar-refractivity contribution in [1.82, 2.24) is 0 Å². The van der Waals surface area contributed by atoms with Crippen molar-refractivity contribution in [2.75, 3.05) is 0 Å². The van der Waals surface area contributed by atoms with E-state index in [1.54, 1.807) is 54.6 Å². The number of nitrogens with zero attached hydrogens (tertiary/aromatic N) is 1. The van der Waals surface area contributed by atoms with Crippen molar-refractivity contribution in [2.24, 2.45) is 0 Å². The van der Waals surface area contributed by atoms with Gasteiger partial charge in [-0.2, -0.15) is 0 Å². The van der Waals surface area contributed by atoms with Crippen LogP contribution in [0.15, 0.2) is 78.9 Å². The third-order valence-electron chi connectivity index (χ3n) is 5.67. The molecule has 5 heteroatoms. The average Bonchev–Trinajstić information content (AvgIpc) is 2.98. The van der Waals surface area contributed by atoms with Crippen molar-refractivity contribution in [3.05, 3.63) is 117 Å². The van der Waals surface area contributed by atoms with Gasteiger partial charge in [0.05, 0.1) is 5.92 Å². The number of carbonyl (C=O) groups is 2. The van der Waals surface area contributed by atoms with Gasteiger partial charge in [-0.3, -0.25) is 19.7 Å². The van der Waals surface area contributed by atoms with Crippen LogP contribution in [-0.2, 0) is 6.42 Å². The first kappa shape index (κ1) is 18.7. The van der Waals surface area contributed by atoms with Gasteiger partial charge < -0.3 is 0 Å². The minimum atomic E-state index is -2.42. The number of rotatable bonds is 5. The van der Waals surface area contributed by atoms with Crippen molar-refractivity contribution in [3.8, 4) is 0 Å². The predicted molar refractivity (Wildman–Crippen MR) is 109 cm³/mol. The lowest BCUT2D eigenvalue weighted by molar-refractivity contribution is -0.532. The zero-order valence-corrected chi connectivity index (χ0v) is 15.9. The Kier molecular flexibility index (Phi) is 4.59. The largest absolute Gasteiger partial charge is 0.355 e. The molecule has 0 aromatic heterocycles. The molecule has 1 aliphatic carbocycles. The van der Waals surface area contributed by atoms with Crippen molar-refractivity contribution in [3.63, 3.8) is 0 Å². The minimum Gasteiger partial charge on any atom is -0.285 e. The summed E-state index contributed by atoms with van der Waals surface area (Å²) >= 11 is 0. The Morgan fingerprint density at radius 1 is 0.793 bits per heavy atom. The molecule has 0 saturated heterocycles. The van der Waals surface area contributed by atoms with E-state index in [-0.39, 0.29) is 11.1 Å². The monoisotopic (exact) mass is 385 g/mol. The van der Waals surface area contributed by atoms with Gasteiger partial charge in [0.2, 0.25) is 11.6 Å². The van der Waals surface area contributed by atoms with Gasteiger partial charge in [0.15, 0.2) is 0 Å². The Balaban J connectivity index is 2.01. The van der Waals surface area contributed by atoms with E-state index in [0.29, 0.717) is 11.1 Å². The third-order valence-corrected chi connectivity index (χ3v) is 5.67. The molecule has 0 heterocycles. The van der Waals surface area contributed by atoms with Crippen molar-refractivity contribution >= 4 is 11.6 Å². The summed E-state index contributed by atoms with van der Waals surface area (Å²) in [7, 11) is 0. The number of nitro groups is 1. The lowest BCUT2D eigenvalue weighted by Gasteiger charge is -2.28. The number of aryl methyl sites for hydroxylation is 1. The van der Waals surface area contributed by atoms with Crippen LogP contribution in [0.1, 0.15) is 50.2 Å². The van der Waals surface area contributed by atoms with E-state index < -0.39 is 27.9 Å². The molecule has 0 bridgehead atoms. The molecule has 0 fully saturated rings. The fraction of sp³-hybridized carbons (Fsp3) is 0.167. The van der Waals surface area contributed by atoms with E-state index in [9.17, 15) is 19.7 Å². The molecule has 0 N–H and O–H groups in total. The Morgan fingerprint density at radius 3 is 1.76 bits per heavy atom. The van der Waals surface area contributed by atoms with Crippen LogP contribution in [0.2, 0.25) is 0 Å². The Hall–Kier alpha value is -3.60. The summed E-state index contributed by atoms with van der Waals surface area (Å²) in [6.45, 7) is 2.02. The van der Waals surface area contributed by atoms with Gasteiger partial charge in [-0.05, 0) is 23.1 Å². The molecule has 144 valence electrons. The van der Waals surface area contributed by atoms with Gasteiger partial charge in [-0.1, -0.05) is 85.8 Å². The molecule has 29 heavy (non-hydrogen) atoms. The average molecular weight is 385 g/mol. The van der Waals surface area contributed by atoms with Gasteiger partial charge in [0.25, 0.3) is 0 Å². The molecular formula is C24H19NO4. The lowest BCUT2D eigenvalue weighted by Crippen LogP contribution is -2.54. The molecule has 0 unspecified atom stereocenters. The van der Waals surface area contributed by atoms with Gasteiger partial charge >= 0.3 is 5.54 Å². The van der Waals surface area contributed by atoms with E-state index in [4.69, 9.17) is 0 Å². The molecule has 0 spiro atoms. The molecular weight excluding hydrogens is 366 g/mol. The number of hydrogen-bond donors (Lipinski definition) is 0. The van der Waals surface area contributed by atoms with Gasteiger partial charge in [-0.15, -0.1) is 0 Å². The highest BCUT2D eigenvalue weighted by atomic mass is 16.6. The van der Waals surface area contributed by atoms with Crippen LogP contribution >= 0.6 is 0 Å². The standard InChI is InChI=1S/C24H19NO4/c1-2-16-12-14-18(15-13-16)21(17-8-4-3-5-9-17)24(25(28)29)22(26)19-10-6-7-11-20(19)23(24)27/h3-15,21H,2H2,1H3/t21-/m0/s1. The first-order valence-electron chi connectivity index (χ1n) is 9.48. The zero-order chi connectivity index (χ0) is 20.6. The molecule has 3 aromatic carbocycles. The van der Waals surface area contributed by atoms with Crippen LogP contribution in [0.4, 0.5) is 0 Å². The summed E-state index contributed by atoms with van der Waals surface area (Å²) in [5, 5.41) is 12.5. The normalized spacial score (nSPS) is 15.8. The zero-order valence-electron chi connectivity index (χ0n) is 15.9. The minimum absolute atomic E-state index is 0.111. The number of benzene rings is 3. The maximum Gasteiger partial charge on any atom is 0.355 e. The van der Waals surface area contributed by atoms with E-state index in [0.717, 1.165) is 12.0 Å². The molecule has 0 aliphatic heterocycles. The molecule has 4 rings (SSSR count). The third kappa shape index (κ3) is 2.70. The highest BCUT2D eigenvalue weighted by molar-refractivity contribution is 6.32. The van der Waals surface area contributed by atoms with Crippen LogP contribution in [0.5, 0.6) is 0 Å². The number of Topliss-reactive ketones (excluding diaryl/α,β-unsaturated/α-hetero) is 2. The fourth-order valence-electron chi connectivity index (χ4n) is 4.19. The lowest BCUT2D eigenvalue weighted by atomic mass is 9.72. The number of fused-ring (bicyclic) bond motifs is 1. The number of hydrogen-bond acceptors (Lipinski definition) is 4. The van der Waals surface area contributed by atoms with Crippen LogP contribution < -0.4 is 0 Å². The molecule has 0 saturated carbocycles. The Morgan fingerprint density at radius 2 is 1.28 bits per heavy atom. The summed E-state index contributed by atoms with van der Waals surface area (Å²) in [6.07, 6.45) is 0.819. The summed E-state index contributed by atoms with van der Waals surface area (Å²) in [5.74, 6) is -2.54. The maximum absolute atomic E-state index is 13.4. The maximum atomic E-state index is 13.4. The van der Waals surface area contributed by atoms with Crippen LogP contribution in [0.25, 0.3) is 0 Å². The second kappa shape index (κ2) is 7.09. The smallest absolute Gasteiger partial charge is 0.285 e. The molecule has 1 atom stereocenters. The second-order valence-corrected chi connectivity index (χ2v) is 7.17. The van der Waals surface area contributed by atoms with E-state index in [1.807, 2.05) is 19.1 Å². The van der Waals surface area contributed by atoms with Crippen LogP contribution in [0, 0.1) is 10.1 Å². The second-order valence-electron chi connectivity index (χ2n) is 7.17. The summed E-state index contributed by atoms with van der Waals surface area (Å²) < 4.78 is 0. The summed E-state index contributed by atoms with van der Waals surface area (Å²) in [6, 6.07) is 22.3. The van der Waals surface area contributed by atoms with Crippen LogP contribution in [-0.4, -0.2) is 22.0 Å². The fourth-order valence-corrected chi connectivity index (χ4v) is 4.19. The highest BCUT2D eigenvalue weighted by Gasteiger charge is 2.68. The van der Waals surface area contributed by atoms with Gasteiger partial charge in [-0.25, -0.2) is 0 Å². The Bertz CT molecular complexity index is 1070. The molecule has 0 amide bonds. The van der Waals surface area contributed by atoms with Crippen molar-refractivity contribution < 1.29 is 14.5 Å². The number of ketones is 2. The topological polar surface area (TPSA) is 77.3 Å². The molecule has 1 aliphatic rings. The van der Waals surface area contributed by atoms with E-state index in [2.05, 4.69) is 0 Å². The summed E-state index contributed by atoms with van der Waals surface area (Å²) in [4.78, 5) is 38.6. The van der Waals surface area contributed by atoms with E-state index >= 15 is 0 Å². The summed E-state index contributed by atoms with van der Waals surface area (Å²) in [5.41, 5.74) is 0.00457. The Labute approximate surface area is 168 Å². The molecule has 3 aromatic rings. The quantitative estimate of drug-likeness (QED) is 0.369. The first-order chi connectivity index (χ1) is 14.0. The predicted octanol–water partition coefficient (Wildman–Crippen LogP) is 4.48. The molecule has 0 radical (unpaired) electrons. The molecule has 5 nitrogen and oxygen atoms in total. The number of carbonyl (C=O) groups excluding carboxylic acids is 2. The van der Waals surface area contributed by atoms with Gasteiger partial charge in [0.1, 0.15) is 0 Å². The SMILES string of the molecule is CCc1ccc([C@H](c2ccccc2)C2([N+](=O)[O-])C(=O)c3ccccc3C2=O)cc1. The van der Waals surface area contributed by atoms with Crippen molar-refractivity contribution in [1.29, 1.82) is 0 Å². The van der Waals surface area contributed by atoms with Crippen LogP contribution in [0.3, 0.4) is 0 Å². The van der Waals surface area contributed by atoms with E-state index in [1.165, 1.54) is 12.1 Å². The van der Waals surface area contributed by atoms with Crippen molar-refractivity contribution in [2.45, 2.75) is 24.8 Å².